The number of nitrogens with zero attached hydrogens (tertiary/aromatic N) is 1. The van der Waals surface area contributed by atoms with Gasteiger partial charge in [-0.2, -0.15) is 0 Å². The lowest BCUT2D eigenvalue weighted by Crippen LogP contribution is -2.38. The van der Waals surface area contributed by atoms with Gasteiger partial charge < -0.3 is 20.5 Å². The van der Waals surface area contributed by atoms with Crippen LogP contribution >= 0.6 is 24.0 Å². The number of phenolic OH excluding ortho intramolecular Hbond substituents is 1. The van der Waals surface area contributed by atoms with Crippen molar-refractivity contribution in [2.24, 2.45) is 4.99 Å². The summed E-state index contributed by atoms with van der Waals surface area (Å²) in [6.45, 7) is 4.75. The van der Waals surface area contributed by atoms with Crippen molar-refractivity contribution in [2.45, 2.75) is 20.1 Å². The summed E-state index contributed by atoms with van der Waals surface area (Å²) in [5, 5.41) is 15.5. The summed E-state index contributed by atoms with van der Waals surface area (Å²) >= 11 is 0. The molecule has 0 unspecified atom stereocenters. The van der Waals surface area contributed by atoms with Crippen molar-refractivity contribution in [1.82, 2.24) is 10.6 Å². The molecule has 0 aliphatic carbocycles. The molecule has 2 rings (SSSR count). The number of nitrogens with one attached hydrogen (secondary N) is 2. The van der Waals surface area contributed by atoms with E-state index in [-0.39, 0.29) is 29.7 Å². The summed E-state index contributed by atoms with van der Waals surface area (Å²) in [6.07, 6.45) is 0. The number of halogens is 2. The molecular weight excluding hydrogens is 448 g/mol. The number of hydrogen-bond donors (Lipinski definition) is 3. The maximum absolute atomic E-state index is 13.3. The molecule has 0 aromatic heterocycles. The molecule has 0 heterocycles. The molecule has 0 saturated carbocycles. The van der Waals surface area contributed by atoms with Gasteiger partial charge in [-0.05, 0) is 30.2 Å². The van der Waals surface area contributed by atoms with Crippen molar-refractivity contribution in [3.05, 3.63) is 65.5 Å². The number of benzene rings is 2. The van der Waals surface area contributed by atoms with Gasteiger partial charge in [0.1, 0.15) is 0 Å². The first-order valence-electron chi connectivity index (χ1n) is 8.30. The fraction of sp³-hybridized carbons (Fsp3) is 0.316. The summed E-state index contributed by atoms with van der Waals surface area (Å²) in [4.78, 5) is 4.40. The van der Waals surface area contributed by atoms with Gasteiger partial charge in [0.25, 0.3) is 0 Å². The minimum atomic E-state index is -0.639. The second-order valence-electron chi connectivity index (χ2n) is 5.45. The van der Waals surface area contributed by atoms with Crippen molar-refractivity contribution in [3.8, 4) is 5.75 Å². The Bertz CT molecular complexity index is 684. The van der Waals surface area contributed by atoms with Crippen molar-refractivity contribution < 1.29 is 14.2 Å². The summed E-state index contributed by atoms with van der Waals surface area (Å²) in [5.74, 6) is -0.354. The highest BCUT2D eigenvalue weighted by Crippen LogP contribution is 2.16. The monoisotopic (exact) mass is 473 g/mol. The maximum atomic E-state index is 13.3. The lowest BCUT2D eigenvalue weighted by atomic mass is 10.2. The van der Waals surface area contributed by atoms with E-state index in [9.17, 15) is 9.50 Å². The molecule has 0 aliphatic rings. The van der Waals surface area contributed by atoms with Crippen LogP contribution in [0.1, 0.15) is 18.1 Å². The Kier molecular flexibility index (Phi) is 10.6. The molecule has 0 spiro atoms. The minimum Gasteiger partial charge on any atom is -0.505 e. The van der Waals surface area contributed by atoms with Gasteiger partial charge >= 0.3 is 0 Å². The topological polar surface area (TPSA) is 65.9 Å². The van der Waals surface area contributed by atoms with Crippen LogP contribution < -0.4 is 10.6 Å². The Morgan fingerprint density at radius 2 is 1.88 bits per heavy atom. The van der Waals surface area contributed by atoms with Crippen LogP contribution in [0.2, 0.25) is 0 Å². The predicted molar refractivity (Wildman–Crippen MR) is 112 cm³/mol. The molecule has 26 heavy (non-hydrogen) atoms. The van der Waals surface area contributed by atoms with Crippen LogP contribution in [0.3, 0.4) is 0 Å². The molecule has 0 amide bonds. The Morgan fingerprint density at radius 3 is 2.58 bits per heavy atom. The fourth-order valence-electron chi connectivity index (χ4n) is 2.17. The van der Waals surface area contributed by atoms with Gasteiger partial charge in [-0.25, -0.2) is 9.38 Å². The largest absolute Gasteiger partial charge is 0.505 e. The number of guanidine groups is 1. The second-order valence-corrected chi connectivity index (χ2v) is 5.45. The quantitative estimate of drug-likeness (QED) is 0.238. The first-order valence-corrected chi connectivity index (χ1v) is 8.30. The zero-order chi connectivity index (χ0) is 17.9. The number of hydrogen-bond acceptors (Lipinski definition) is 3. The van der Waals surface area contributed by atoms with Crippen LogP contribution in [0.15, 0.2) is 53.5 Å². The predicted octanol–water partition coefficient (Wildman–Crippen LogP) is 3.42. The number of aromatic hydroxyl groups is 1. The van der Waals surface area contributed by atoms with Crippen LogP contribution in [0.25, 0.3) is 0 Å². The summed E-state index contributed by atoms with van der Waals surface area (Å²) < 4.78 is 19.0. The Labute approximate surface area is 170 Å². The number of rotatable bonds is 8. The molecule has 0 bridgehead atoms. The second kappa shape index (κ2) is 12.5. The molecule has 0 radical (unpaired) electrons. The SMILES string of the molecule is CCNC(=NCc1ccc(O)c(F)c1)NCCOCc1ccccc1.I. The van der Waals surface area contributed by atoms with E-state index in [1.807, 2.05) is 37.3 Å². The molecule has 142 valence electrons. The van der Waals surface area contributed by atoms with E-state index in [0.29, 0.717) is 37.8 Å². The lowest BCUT2D eigenvalue weighted by Gasteiger charge is -2.11. The molecule has 0 saturated heterocycles. The summed E-state index contributed by atoms with van der Waals surface area (Å²) in [5.41, 5.74) is 1.82. The first-order chi connectivity index (χ1) is 12.2. The molecule has 3 N–H and O–H groups in total. The molecule has 0 fully saturated rings. The van der Waals surface area contributed by atoms with E-state index in [1.165, 1.54) is 12.1 Å². The van der Waals surface area contributed by atoms with Crippen LogP contribution in [0.4, 0.5) is 4.39 Å². The minimum absolute atomic E-state index is 0. The van der Waals surface area contributed by atoms with Gasteiger partial charge in [-0.3, -0.25) is 0 Å². The molecule has 7 heteroatoms. The zero-order valence-corrected chi connectivity index (χ0v) is 17.1. The third kappa shape index (κ3) is 8.01. The lowest BCUT2D eigenvalue weighted by molar-refractivity contribution is 0.125. The van der Waals surface area contributed by atoms with E-state index in [4.69, 9.17) is 4.74 Å². The fourth-order valence-corrected chi connectivity index (χ4v) is 2.17. The highest BCUT2D eigenvalue weighted by atomic mass is 127. The van der Waals surface area contributed by atoms with Gasteiger partial charge in [0.05, 0.1) is 19.8 Å². The highest BCUT2D eigenvalue weighted by Gasteiger charge is 2.02. The van der Waals surface area contributed by atoms with Crippen molar-refractivity contribution in [1.29, 1.82) is 0 Å². The standard InChI is InChI=1S/C19H24FN3O2.HI/c1-2-21-19(23-13-16-8-9-18(24)17(20)12-16)22-10-11-25-14-15-6-4-3-5-7-15;/h3-9,12,24H,2,10-11,13-14H2,1H3,(H2,21,22,23);1H. The Balaban J connectivity index is 0.00000338. The maximum Gasteiger partial charge on any atom is 0.191 e. The van der Waals surface area contributed by atoms with E-state index in [1.54, 1.807) is 6.07 Å². The number of aliphatic imine (C=N–C) groups is 1. The Hall–Kier alpha value is -1.87. The van der Waals surface area contributed by atoms with E-state index in [2.05, 4.69) is 15.6 Å². The molecular formula is C19H25FIN3O2. The summed E-state index contributed by atoms with van der Waals surface area (Å²) in [7, 11) is 0. The third-order valence-electron chi connectivity index (χ3n) is 3.43. The van der Waals surface area contributed by atoms with E-state index < -0.39 is 5.82 Å². The van der Waals surface area contributed by atoms with Crippen molar-refractivity contribution >= 4 is 29.9 Å². The van der Waals surface area contributed by atoms with E-state index in [0.717, 1.165) is 12.1 Å². The normalized spacial score (nSPS) is 10.9. The molecule has 0 atom stereocenters. The molecule has 2 aromatic carbocycles. The van der Waals surface area contributed by atoms with Gasteiger partial charge in [-0.15, -0.1) is 24.0 Å². The average molecular weight is 473 g/mol. The van der Waals surface area contributed by atoms with Gasteiger partial charge in [-0.1, -0.05) is 36.4 Å². The van der Waals surface area contributed by atoms with Gasteiger partial charge in [0, 0.05) is 13.1 Å². The Morgan fingerprint density at radius 1 is 1.12 bits per heavy atom. The number of phenols is 1. The van der Waals surface area contributed by atoms with Crippen LogP contribution in [0.5, 0.6) is 5.75 Å². The first kappa shape index (κ1) is 22.2. The van der Waals surface area contributed by atoms with Crippen LogP contribution in [-0.2, 0) is 17.9 Å². The van der Waals surface area contributed by atoms with E-state index >= 15 is 0 Å². The summed E-state index contributed by atoms with van der Waals surface area (Å²) in [6, 6.07) is 14.3. The zero-order valence-electron chi connectivity index (χ0n) is 14.7. The van der Waals surface area contributed by atoms with Crippen molar-refractivity contribution in [3.63, 3.8) is 0 Å². The number of ether oxygens (including phenoxy) is 1. The van der Waals surface area contributed by atoms with Crippen molar-refractivity contribution in [2.75, 3.05) is 19.7 Å². The van der Waals surface area contributed by atoms with Gasteiger partial charge in [0.15, 0.2) is 17.5 Å². The third-order valence-corrected chi connectivity index (χ3v) is 3.43. The van der Waals surface area contributed by atoms with Crippen LogP contribution in [-0.4, -0.2) is 30.8 Å². The molecule has 0 aliphatic heterocycles. The highest BCUT2D eigenvalue weighted by molar-refractivity contribution is 14.0. The smallest absolute Gasteiger partial charge is 0.191 e. The molecule has 5 nitrogen and oxygen atoms in total. The van der Waals surface area contributed by atoms with Crippen LogP contribution in [0, 0.1) is 5.82 Å². The van der Waals surface area contributed by atoms with Gasteiger partial charge in [0.2, 0.25) is 0 Å². The average Bonchev–Trinajstić information content (AvgIpc) is 2.63. The molecule has 2 aromatic rings.